The lowest BCUT2D eigenvalue weighted by molar-refractivity contribution is -0.0943. The number of hydrogen-bond acceptors (Lipinski definition) is 0. The zero-order chi connectivity index (χ0) is 12.0. The van der Waals surface area contributed by atoms with Crippen LogP contribution in [0.1, 0.15) is 73.1 Å². The average molecular weight is 222 g/mol. The minimum atomic E-state index is 0.598. The van der Waals surface area contributed by atoms with E-state index >= 15 is 0 Å². The summed E-state index contributed by atoms with van der Waals surface area (Å²) in [6.45, 7) is 12.6. The molecule has 2 fully saturated rings. The van der Waals surface area contributed by atoms with Crippen molar-refractivity contribution in [3.05, 3.63) is 0 Å². The second-order valence-electron chi connectivity index (χ2n) is 7.47. The predicted molar refractivity (Wildman–Crippen MR) is 71.4 cm³/mol. The van der Waals surface area contributed by atoms with Gasteiger partial charge in [-0.25, -0.2) is 0 Å². The van der Waals surface area contributed by atoms with E-state index in [9.17, 15) is 0 Å². The lowest BCUT2D eigenvalue weighted by Gasteiger charge is -2.59. The molecule has 0 heteroatoms. The van der Waals surface area contributed by atoms with Gasteiger partial charge in [0, 0.05) is 0 Å². The molecule has 0 aliphatic heterocycles. The Labute approximate surface area is 102 Å². The fourth-order valence-electron chi connectivity index (χ4n) is 5.48. The highest BCUT2D eigenvalue weighted by atomic mass is 14.6. The standard InChI is InChI=1S/C16H30/c1-6-13-12(2)8-9-14-15(3,4)10-7-11-16(13,14)5/h12-14H,6-11H2,1-5H3. The molecule has 2 rings (SSSR count). The van der Waals surface area contributed by atoms with Gasteiger partial charge in [0.2, 0.25) is 0 Å². The molecule has 0 N–H and O–H groups in total. The summed E-state index contributed by atoms with van der Waals surface area (Å²) in [4.78, 5) is 0. The highest BCUT2D eigenvalue weighted by molar-refractivity contribution is 5.02. The normalized spacial score (nSPS) is 47.4. The molecule has 4 unspecified atom stereocenters. The van der Waals surface area contributed by atoms with E-state index in [0.717, 1.165) is 17.8 Å². The first kappa shape index (κ1) is 12.5. The van der Waals surface area contributed by atoms with E-state index in [0.29, 0.717) is 10.8 Å². The van der Waals surface area contributed by atoms with Crippen molar-refractivity contribution in [3.63, 3.8) is 0 Å². The minimum Gasteiger partial charge on any atom is -0.0651 e. The molecule has 0 spiro atoms. The van der Waals surface area contributed by atoms with Crippen molar-refractivity contribution in [2.24, 2.45) is 28.6 Å². The van der Waals surface area contributed by atoms with E-state index in [1.54, 1.807) is 0 Å². The molecule has 0 nitrogen and oxygen atoms in total. The average Bonchev–Trinajstić information content (AvgIpc) is 2.15. The first-order chi connectivity index (χ1) is 7.42. The quantitative estimate of drug-likeness (QED) is 0.566. The van der Waals surface area contributed by atoms with Crippen LogP contribution in [-0.2, 0) is 0 Å². The van der Waals surface area contributed by atoms with Gasteiger partial charge in [-0.3, -0.25) is 0 Å². The van der Waals surface area contributed by atoms with Crippen molar-refractivity contribution in [2.45, 2.75) is 73.1 Å². The Kier molecular flexibility index (Phi) is 3.14. The van der Waals surface area contributed by atoms with Gasteiger partial charge in [0.1, 0.15) is 0 Å². The lowest BCUT2D eigenvalue weighted by atomic mass is 9.46. The summed E-state index contributed by atoms with van der Waals surface area (Å²) < 4.78 is 0. The second-order valence-corrected chi connectivity index (χ2v) is 7.47. The van der Waals surface area contributed by atoms with Crippen LogP contribution in [0.15, 0.2) is 0 Å². The van der Waals surface area contributed by atoms with E-state index in [4.69, 9.17) is 0 Å². The zero-order valence-electron chi connectivity index (χ0n) is 12.0. The van der Waals surface area contributed by atoms with Crippen LogP contribution in [0.2, 0.25) is 0 Å². The van der Waals surface area contributed by atoms with Gasteiger partial charge in [0.15, 0.2) is 0 Å². The topological polar surface area (TPSA) is 0 Å². The van der Waals surface area contributed by atoms with Gasteiger partial charge in [0.25, 0.3) is 0 Å². The lowest BCUT2D eigenvalue weighted by Crippen LogP contribution is -2.50. The van der Waals surface area contributed by atoms with Gasteiger partial charge >= 0.3 is 0 Å². The van der Waals surface area contributed by atoms with E-state index in [-0.39, 0.29) is 0 Å². The third-order valence-electron chi connectivity index (χ3n) is 6.16. The van der Waals surface area contributed by atoms with Crippen LogP contribution < -0.4 is 0 Å². The van der Waals surface area contributed by atoms with E-state index in [1.165, 1.54) is 38.5 Å². The zero-order valence-corrected chi connectivity index (χ0v) is 12.0. The van der Waals surface area contributed by atoms with Crippen molar-refractivity contribution < 1.29 is 0 Å². The van der Waals surface area contributed by atoms with Crippen molar-refractivity contribution in [1.82, 2.24) is 0 Å². The molecule has 2 aliphatic rings. The van der Waals surface area contributed by atoms with Crippen molar-refractivity contribution in [3.8, 4) is 0 Å². The molecule has 94 valence electrons. The first-order valence-electron chi connectivity index (χ1n) is 7.42. The number of hydrogen-bond donors (Lipinski definition) is 0. The van der Waals surface area contributed by atoms with Gasteiger partial charge in [0.05, 0.1) is 0 Å². The van der Waals surface area contributed by atoms with Crippen LogP contribution >= 0.6 is 0 Å². The fourth-order valence-corrected chi connectivity index (χ4v) is 5.48. The molecule has 0 aromatic rings. The fraction of sp³-hybridized carbons (Fsp3) is 1.00. The van der Waals surface area contributed by atoms with Crippen molar-refractivity contribution in [1.29, 1.82) is 0 Å². The van der Waals surface area contributed by atoms with Crippen LogP contribution in [0, 0.1) is 28.6 Å². The molecule has 0 aromatic carbocycles. The Morgan fingerprint density at radius 3 is 2.38 bits per heavy atom. The molecular weight excluding hydrogens is 192 g/mol. The van der Waals surface area contributed by atoms with Gasteiger partial charge in [-0.05, 0) is 47.8 Å². The first-order valence-corrected chi connectivity index (χ1v) is 7.42. The molecule has 2 saturated carbocycles. The molecule has 0 bridgehead atoms. The summed E-state index contributed by atoms with van der Waals surface area (Å²) >= 11 is 0. The van der Waals surface area contributed by atoms with Crippen molar-refractivity contribution >= 4 is 0 Å². The third kappa shape index (κ3) is 1.73. The highest BCUT2D eigenvalue weighted by Crippen LogP contribution is 2.61. The van der Waals surface area contributed by atoms with E-state index in [2.05, 4.69) is 34.6 Å². The summed E-state index contributed by atoms with van der Waals surface area (Å²) in [6, 6.07) is 0. The second kappa shape index (κ2) is 4.03. The van der Waals surface area contributed by atoms with E-state index < -0.39 is 0 Å². The third-order valence-corrected chi connectivity index (χ3v) is 6.16. The highest BCUT2D eigenvalue weighted by Gasteiger charge is 2.52. The number of rotatable bonds is 1. The molecule has 4 atom stereocenters. The Balaban J connectivity index is 2.31. The Bertz CT molecular complexity index is 253. The van der Waals surface area contributed by atoms with Gasteiger partial charge in [-0.1, -0.05) is 53.9 Å². The maximum Gasteiger partial charge on any atom is -0.0262 e. The van der Waals surface area contributed by atoms with Crippen LogP contribution in [0.3, 0.4) is 0 Å². The Morgan fingerprint density at radius 2 is 1.75 bits per heavy atom. The monoisotopic (exact) mass is 222 g/mol. The summed E-state index contributed by atoms with van der Waals surface area (Å²) in [6.07, 6.45) is 8.76. The largest absolute Gasteiger partial charge is 0.0651 e. The molecule has 2 aliphatic carbocycles. The molecule has 0 radical (unpaired) electrons. The molecule has 0 amide bonds. The SMILES string of the molecule is CCC1C(C)CCC2C(C)(C)CCCC12C. The minimum absolute atomic E-state index is 0.598. The van der Waals surface area contributed by atoms with Gasteiger partial charge in [-0.15, -0.1) is 0 Å². The van der Waals surface area contributed by atoms with E-state index in [1.807, 2.05) is 0 Å². The summed E-state index contributed by atoms with van der Waals surface area (Å²) in [5, 5.41) is 0. The van der Waals surface area contributed by atoms with Crippen LogP contribution in [0.25, 0.3) is 0 Å². The maximum absolute atomic E-state index is 2.61. The Morgan fingerprint density at radius 1 is 1.06 bits per heavy atom. The number of fused-ring (bicyclic) bond motifs is 1. The van der Waals surface area contributed by atoms with Crippen LogP contribution in [0.4, 0.5) is 0 Å². The van der Waals surface area contributed by atoms with Gasteiger partial charge in [-0.2, -0.15) is 0 Å². The van der Waals surface area contributed by atoms with Crippen molar-refractivity contribution in [2.75, 3.05) is 0 Å². The summed E-state index contributed by atoms with van der Waals surface area (Å²) in [7, 11) is 0. The van der Waals surface area contributed by atoms with Gasteiger partial charge < -0.3 is 0 Å². The van der Waals surface area contributed by atoms with Crippen LogP contribution in [-0.4, -0.2) is 0 Å². The molecule has 16 heavy (non-hydrogen) atoms. The molecule has 0 heterocycles. The maximum atomic E-state index is 2.61. The predicted octanol–water partition coefficient (Wildman–Crippen LogP) is 5.28. The molecule has 0 aromatic heterocycles. The molecule has 0 saturated heterocycles. The summed E-state index contributed by atoms with van der Waals surface area (Å²) in [5.41, 5.74) is 1.24. The van der Waals surface area contributed by atoms with Crippen LogP contribution in [0.5, 0.6) is 0 Å². The Hall–Kier alpha value is 0. The smallest absolute Gasteiger partial charge is 0.0262 e. The molecular formula is C16H30. The summed E-state index contributed by atoms with van der Waals surface area (Å²) in [5.74, 6) is 2.92.